The molecule has 0 saturated carbocycles. The Bertz CT molecular complexity index is 57.1. The molecule has 1 heterocycles. The first kappa shape index (κ1) is 5.82. The zero-order valence-corrected chi connectivity index (χ0v) is 6.68. The van der Waals surface area contributed by atoms with Crippen LogP contribution in [0.3, 0.4) is 0 Å². The van der Waals surface area contributed by atoms with Crippen LogP contribution in [-0.2, 0) is 0 Å². The minimum absolute atomic E-state index is 0.0928. The number of hydrogen-bond donors (Lipinski definition) is 1. The summed E-state index contributed by atoms with van der Waals surface area (Å²) in [6.45, 7) is 0. The van der Waals surface area contributed by atoms with E-state index in [1.807, 2.05) is 0 Å². The number of aliphatic hydroxyl groups is 1. The van der Waals surface area contributed by atoms with Gasteiger partial charge in [-0.15, -0.1) is 0 Å². The van der Waals surface area contributed by atoms with E-state index in [0.29, 0.717) is 0 Å². The van der Waals surface area contributed by atoms with Gasteiger partial charge in [0.05, 0.1) is 0 Å². The topological polar surface area (TPSA) is 20.2 Å². The van der Waals surface area contributed by atoms with E-state index < -0.39 is 19.8 Å². The van der Waals surface area contributed by atoms with Crippen LogP contribution in [0.2, 0.25) is 0 Å². The van der Waals surface area contributed by atoms with Crippen molar-refractivity contribution in [3.63, 3.8) is 0 Å². The third-order valence-electron chi connectivity index (χ3n) is 1.21. The molecule has 1 fully saturated rings. The first-order chi connectivity index (χ1) is 3.29. The monoisotopic (exact) mass is 214 g/mol. The van der Waals surface area contributed by atoms with Gasteiger partial charge in [-0.3, -0.25) is 0 Å². The molecule has 1 aliphatic rings. The van der Waals surface area contributed by atoms with Gasteiger partial charge in [-0.25, -0.2) is 0 Å². The van der Waals surface area contributed by atoms with E-state index in [9.17, 15) is 0 Å². The minimum atomic E-state index is -0.502. The van der Waals surface area contributed by atoms with Crippen molar-refractivity contribution < 1.29 is 5.11 Å². The number of hydrogen-bond acceptors (Lipinski definition) is 1. The first-order valence-electron chi connectivity index (χ1n) is 2.49. The van der Waals surface area contributed by atoms with Crippen LogP contribution in [0.15, 0.2) is 0 Å². The third-order valence-corrected chi connectivity index (χ3v) is 6.19. The number of alkyl halides is 3. The van der Waals surface area contributed by atoms with Crippen molar-refractivity contribution in [3.8, 4) is 0 Å². The summed E-state index contributed by atoms with van der Waals surface area (Å²) in [5, 5.41) is 8.94. The Kier molecular flexibility index (Phi) is 1.92. The van der Waals surface area contributed by atoms with Crippen molar-refractivity contribution >= 4 is 19.8 Å². The van der Waals surface area contributed by atoms with Crippen LogP contribution < -0.4 is 0 Å². The average molecular weight is 214 g/mol. The van der Waals surface area contributed by atoms with Gasteiger partial charge < -0.3 is 0 Å². The summed E-state index contributed by atoms with van der Waals surface area (Å²) >= 11 is -0.502. The fourth-order valence-corrected chi connectivity index (χ4v) is 5.17. The third kappa shape index (κ3) is 1.57. The van der Waals surface area contributed by atoms with Crippen LogP contribution in [0.4, 0.5) is 0 Å². The molecule has 7 heavy (non-hydrogen) atoms. The quantitative estimate of drug-likeness (QED) is 0.469. The van der Waals surface area contributed by atoms with Crippen LogP contribution >= 0.6 is 19.8 Å². The zero-order chi connectivity index (χ0) is 5.28. The summed E-state index contributed by atoms with van der Waals surface area (Å²) in [5.41, 5.74) is 0. The summed E-state index contributed by atoms with van der Waals surface area (Å²) in [5.74, 6) is 0. The van der Waals surface area contributed by atoms with E-state index in [-0.39, 0.29) is 6.10 Å². The molecular weight excluding hydrogens is 203 g/mol. The van der Waals surface area contributed by atoms with Gasteiger partial charge >= 0.3 is 51.2 Å². The molecule has 1 aliphatic heterocycles. The summed E-state index contributed by atoms with van der Waals surface area (Å²) in [4.78, 5) is 2.35. The fourth-order valence-electron chi connectivity index (χ4n) is 0.771. The van der Waals surface area contributed by atoms with E-state index in [0.717, 1.165) is 6.42 Å². The second kappa shape index (κ2) is 2.31. The molecule has 0 bridgehead atoms. The summed E-state index contributed by atoms with van der Waals surface area (Å²) < 4.78 is 2.56. The molecule has 1 rings (SSSR count). The van der Waals surface area contributed by atoms with E-state index in [1.165, 1.54) is 8.86 Å². The molecule has 44 valence electrons. The van der Waals surface area contributed by atoms with E-state index in [4.69, 9.17) is 5.11 Å². The van der Waals surface area contributed by atoms with Crippen molar-refractivity contribution in [2.24, 2.45) is 0 Å². The molecule has 0 amide bonds. The summed E-state index contributed by atoms with van der Waals surface area (Å²) in [6, 6.07) is 0. The van der Waals surface area contributed by atoms with Crippen LogP contribution in [0, 0.1) is 0 Å². The van der Waals surface area contributed by atoms with E-state index in [1.54, 1.807) is 0 Å². The van der Waals surface area contributed by atoms with Gasteiger partial charge in [-0.2, -0.15) is 0 Å². The molecule has 0 aromatic carbocycles. The van der Waals surface area contributed by atoms with Crippen molar-refractivity contribution in [2.75, 3.05) is 13.8 Å². The molecule has 1 unspecified atom stereocenters. The summed E-state index contributed by atoms with van der Waals surface area (Å²) in [7, 11) is 0. The molecule has 0 aromatic heterocycles. The molecule has 0 aliphatic carbocycles. The molecule has 1 atom stereocenters. The molecular formula is C5H11IO. The summed E-state index contributed by atoms with van der Waals surface area (Å²) in [6.07, 6.45) is 1.19. The molecule has 0 radical (unpaired) electrons. The van der Waals surface area contributed by atoms with Crippen LogP contribution in [0.5, 0.6) is 0 Å². The second-order valence-electron chi connectivity index (χ2n) is 2.01. The Morgan fingerprint density at radius 1 is 1.71 bits per heavy atom. The number of halogens is 1. The molecule has 0 aromatic rings. The van der Waals surface area contributed by atoms with Gasteiger partial charge in [0.2, 0.25) is 0 Å². The van der Waals surface area contributed by atoms with Crippen molar-refractivity contribution in [2.45, 2.75) is 12.5 Å². The van der Waals surface area contributed by atoms with Gasteiger partial charge in [0.1, 0.15) is 0 Å². The molecule has 1 saturated heterocycles. The predicted octanol–water partition coefficient (Wildman–Crippen LogP) is 0.887. The first-order valence-corrected chi connectivity index (χ1v) is 7.70. The maximum absolute atomic E-state index is 8.94. The van der Waals surface area contributed by atoms with Gasteiger partial charge in [-0.1, -0.05) is 0 Å². The normalized spacial score (nSPS) is 36.9. The zero-order valence-electron chi connectivity index (χ0n) is 4.52. The van der Waals surface area contributed by atoms with Crippen LogP contribution in [-0.4, -0.2) is 25.0 Å². The SMILES string of the molecule is CI1CCC(O)C1. The Morgan fingerprint density at radius 2 is 2.43 bits per heavy atom. The predicted molar refractivity (Wildman–Crippen MR) is 40.3 cm³/mol. The van der Waals surface area contributed by atoms with E-state index >= 15 is 0 Å². The molecule has 2 heteroatoms. The van der Waals surface area contributed by atoms with Crippen LogP contribution in [0.1, 0.15) is 6.42 Å². The van der Waals surface area contributed by atoms with Crippen molar-refractivity contribution in [3.05, 3.63) is 0 Å². The molecule has 1 nitrogen and oxygen atoms in total. The van der Waals surface area contributed by atoms with Crippen molar-refractivity contribution in [1.29, 1.82) is 0 Å². The number of rotatable bonds is 0. The second-order valence-corrected chi connectivity index (χ2v) is 8.10. The number of aliphatic hydroxyl groups excluding tert-OH is 1. The fraction of sp³-hybridized carbons (Fsp3) is 1.00. The Morgan fingerprint density at radius 3 is 2.57 bits per heavy atom. The molecule has 0 spiro atoms. The van der Waals surface area contributed by atoms with E-state index in [2.05, 4.69) is 4.93 Å². The molecule has 1 N–H and O–H groups in total. The average Bonchev–Trinajstić information content (AvgIpc) is 1.87. The van der Waals surface area contributed by atoms with Gasteiger partial charge in [-0.05, 0) is 0 Å². The van der Waals surface area contributed by atoms with Crippen molar-refractivity contribution in [1.82, 2.24) is 0 Å². The Labute approximate surface area is 51.5 Å². The van der Waals surface area contributed by atoms with Gasteiger partial charge in [0, 0.05) is 0 Å². The Balaban J connectivity index is 2.26. The van der Waals surface area contributed by atoms with Crippen LogP contribution in [0.25, 0.3) is 0 Å². The standard InChI is InChI=1S/C5H11IO/c1-6-3-2-5(7)4-6/h5,7H,2-4H2,1H3. The van der Waals surface area contributed by atoms with Gasteiger partial charge in [0.25, 0.3) is 0 Å². The Hall–Kier alpha value is 0.690. The van der Waals surface area contributed by atoms with Gasteiger partial charge in [0.15, 0.2) is 0 Å². The maximum atomic E-state index is 8.94.